The molecule has 0 fully saturated rings. The van der Waals surface area contributed by atoms with E-state index in [0.29, 0.717) is 12.2 Å². The molecule has 32 heavy (non-hydrogen) atoms. The first-order valence-corrected chi connectivity index (χ1v) is 9.79. The minimum atomic E-state index is -0.932. The van der Waals surface area contributed by atoms with Gasteiger partial charge in [0, 0.05) is 30.8 Å². The van der Waals surface area contributed by atoms with Gasteiger partial charge in [0.05, 0.1) is 0 Å². The standard InChI is InChI=1S/C21H24N4O7/c1-13(22-17(27)9-10-25-18(28)7-8-19(25)29)20(30)23-14(2)21(31)24-16-5-3-15(4-6-16)11-32-12-26/h3-8,12-14H,9-11H2,1-2H3,(H,22,27)(H,23,30)(H,24,31)/t13-,14-/m0/s1. The Kier molecular flexibility index (Phi) is 8.63. The lowest BCUT2D eigenvalue weighted by Crippen LogP contribution is -2.50. The maximum absolute atomic E-state index is 12.3. The van der Waals surface area contributed by atoms with E-state index in [0.717, 1.165) is 22.6 Å². The Morgan fingerprint density at radius 2 is 1.56 bits per heavy atom. The molecule has 5 amide bonds. The molecule has 11 nitrogen and oxygen atoms in total. The Hall–Kier alpha value is -4.02. The van der Waals surface area contributed by atoms with Crippen LogP contribution in [0.15, 0.2) is 36.4 Å². The van der Waals surface area contributed by atoms with Crippen molar-refractivity contribution >= 4 is 41.7 Å². The number of hydrogen-bond acceptors (Lipinski definition) is 7. The number of carbonyl (C=O) groups excluding carboxylic acids is 6. The number of nitrogens with zero attached hydrogens (tertiary/aromatic N) is 1. The molecular weight excluding hydrogens is 420 g/mol. The topological polar surface area (TPSA) is 151 Å². The number of imide groups is 1. The van der Waals surface area contributed by atoms with Gasteiger partial charge in [0.25, 0.3) is 18.3 Å². The molecule has 2 rings (SSSR count). The smallest absolute Gasteiger partial charge is 0.293 e. The van der Waals surface area contributed by atoms with Crippen molar-refractivity contribution in [3.63, 3.8) is 0 Å². The third-order valence-corrected chi connectivity index (χ3v) is 4.53. The van der Waals surface area contributed by atoms with Crippen molar-refractivity contribution in [2.24, 2.45) is 0 Å². The molecule has 0 radical (unpaired) electrons. The molecule has 11 heteroatoms. The van der Waals surface area contributed by atoms with Crippen molar-refractivity contribution in [2.45, 2.75) is 39.0 Å². The van der Waals surface area contributed by atoms with Crippen LogP contribution in [-0.4, -0.2) is 59.5 Å². The van der Waals surface area contributed by atoms with Crippen LogP contribution in [0.2, 0.25) is 0 Å². The number of ether oxygens (including phenoxy) is 1. The van der Waals surface area contributed by atoms with Gasteiger partial charge in [-0.05, 0) is 31.5 Å². The Balaban J connectivity index is 1.75. The molecule has 0 aromatic heterocycles. The van der Waals surface area contributed by atoms with Gasteiger partial charge in [-0.2, -0.15) is 0 Å². The number of anilines is 1. The van der Waals surface area contributed by atoms with Crippen LogP contribution >= 0.6 is 0 Å². The second kappa shape index (κ2) is 11.4. The van der Waals surface area contributed by atoms with E-state index in [2.05, 4.69) is 20.7 Å². The highest BCUT2D eigenvalue weighted by molar-refractivity contribution is 6.13. The summed E-state index contributed by atoms with van der Waals surface area (Å²) >= 11 is 0. The molecular formula is C21H24N4O7. The van der Waals surface area contributed by atoms with E-state index in [1.54, 1.807) is 24.3 Å². The van der Waals surface area contributed by atoms with Gasteiger partial charge in [-0.3, -0.25) is 33.7 Å². The fourth-order valence-corrected chi connectivity index (χ4v) is 2.71. The fraction of sp³-hybridized carbons (Fsp3) is 0.333. The van der Waals surface area contributed by atoms with E-state index in [1.807, 2.05) is 0 Å². The third kappa shape index (κ3) is 7.04. The summed E-state index contributed by atoms with van der Waals surface area (Å²) in [6.45, 7) is 3.31. The molecule has 0 saturated carbocycles. The normalized spacial score (nSPS) is 14.5. The third-order valence-electron chi connectivity index (χ3n) is 4.53. The van der Waals surface area contributed by atoms with E-state index in [9.17, 15) is 28.8 Å². The van der Waals surface area contributed by atoms with Crippen LogP contribution < -0.4 is 16.0 Å². The minimum absolute atomic E-state index is 0.0935. The molecule has 1 aromatic carbocycles. The van der Waals surface area contributed by atoms with Crippen molar-refractivity contribution in [1.82, 2.24) is 15.5 Å². The van der Waals surface area contributed by atoms with Gasteiger partial charge < -0.3 is 20.7 Å². The zero-order chi connectivity index (χ0) is 23.7. The van der Waals surface area contributed by atoms with Crippen LogP contribution in [0, 0.1) is 0 Å². The quantitative estimate of drug-likeness (QED) is 0.311. The van der Waals surface area contributed by atoms with Gasteiger partial charge in [-0.15, -0.1) is 0 Å². The molecule has 0 bridgehead atoms. The summed E-state index contributed by atoms with van der Waals surface area (Å²) in [5, 5.41) is 7.61. The van der Waals surface area contributed by atoms with Gasteiger partial charge in [0.15, 0.2) is 0 Å². The molecule has 1 aromatic rings. The van der Waals surface area contributed by atoms with Crippen LogP contribution in [-0.2, 0) is 40.1 Å². The Morgan fingerprint density at radius 3 is 2.16 bits per heavy atom. The van der Waals surface area contributed by atoms with Gasteiger partial charge in [0.1, 0.15) is 18.7 Å². The predicted octanol–water partition coefficient (Wildman–Crippen LogP) is -0.377. The lowest BCUT2D eigenvalue weighted by atomic mass is 10.2. The summed E-state index contributed by atoms with van der Waals surface area (Å²) in [5.41, 5.74) is 1.24. The maximum atomic E-state index is 12.3. The van der Waals surface area contributed by atoms with Crippen LogP contribution in [0.5, 0.6) is 0 Å². The summed E-state index contributed by atoms with van der Waals surface area (Å²) in [6, 6.07) is 4.80. The number of amides is 5. The van der Waals surface area contributed by atoms with Gasteiger partial charge >= 0.3 is 0 Å². The number of carbonyl (C=O) groups is 6. The lowest BCUT2D eigenvalue weighted by Gasteiger charge is -2.19. The SMILES string of the molecule is C[C@H](NC(=O)CCN1C(=O)C=CC1=O)C(=O)N[C@@H](C)C(=O)Nc1ccc(COC=O)cc1. The second-order valence-corrected chi connectivity index (χ2v) is 7.02. The molecule has 3 N–H and O–H groups in total. The molecule has 2 atom stereocenters. The van der Waals surface area contributed by atoms with Crippen LogP contribution in [0.25, 0.3) is 0 Å². The number of benzene rings is 1. The summed E-state index contributed by atoms with van der Waals surface area (Å²) in [7, 11) is 0. The Bertz CT molecular complexity index is 909. The first kappa shape index (κ1) is 24.3. The van der Waals surface area contributed by atoms with Crippen molar-refractivity contribution in [2.75, 3.05) is 11.9 Å². The minimum Gasteiger partial charge on any atom is -0.463 e. The van der Waals surface area contributed by atoms with Crippen LogP contribution in [0.1, 0.15) is 25.8 Å². The van der Waals surface area contributed by atoms with Crippen molar-refractivity contribution < 1.29 is 33.5 Å². The van der Waals surface area contributed by atoms with Crippen molar-refractivity contribution in [3.8, 4) is 0 Å². The molecule has 1 aliphatic rings. The Labute approximate surface area is 184 Å². The van der Waals surface area contributed by atoms with E-state index in [4.69, 9.17) is 0 Å². The molecule has 0 spiro atoms. The maximum Gasteiger partial charge on any atom is 0.293 e. The van der Waals surface area contributed by atoms with Crippen molar-refractivity contribution in [3.05, 3.63) is 42.0 Å². The van der Waals surface area contributed by atoms with Crippen LogP contribution in [0.3, 0.4) is 0 Å². The van der Waals surface area contributed by atoms with Crippen LogP contribution in [0.4, 0.5) is 5.69 Å². The monoisotopic (exact) mass is 444 g/mol. The molecule has 170 valence electrons. The zero-order valence-corrected chi connectivity index (χ0v) is 17.6. The highest BCUT2D eigenvalue weighted by Gasteiger charge is 2.25. The lowest BCUT2D eigenvalue weighted by molar-refractivity contribution is -0.137. The molecule has 0 aliphatic carbocycles. The zero-order valence-electron chi connectivity index (χ0n) is 17.6. The summed E-state index contributed by atoms with van der Waals surface area (Å²) in [6.07, 6.45) is 2.10. The second-order valence-electron chi connectivity index (χ2n) is 7.02. The number of hydrogen-bond donors (Lipinski definition) is 3. The van der Waals surface area contributed by atoms with E-state index in [1.165, 1.54) is 13.8 Å². The molecule has 1 heterocycles. The molecule has 0 saturated heterocycles. The van der Waals surface area contributed by atoms with Gasteiger partial charge in [-0.1, -0.05) is 12.1 Å². The van der Waals surface area contributed by atoms with Gasteiger partial charge in [0.2, 0.25) is 17.7 Å². The number of rotatable bonds is 11. The van der Waals surface area contributed by atoms with E-state index in [-0.39, 0.29) is 19.6 Å². The molecule has 1 aliphatic heterocycles. The summed E-state index contributed by atoms with van der Waals surface area (Å²) in [4.78, 5) is 70.7. The van der Waals surface area contributed by atoms with Crippen molar-refractivity contribution in [1.29, 1.82) is 0 Å². The average Bonchev–Trinajstić information content (AvgIpc) is 3.08. The Morgan fingerprint density at radius 1 is 0.969 bits per heavy atom. The summed E-state index contributed by atoms with van der Waals surface area (Å²) < 4.78 is 4.64. The van der Waals surface area contributed by atoms with E-state index < -0.39 is 41.6 Å². The summed E-state index contributed by atoms with van der Waals surface area (Å²) in [5.74, 6) is -2.53. The largest absolute Gasteiger partial charge is 0.463 e. The average molecular weight is 444 g/mol. The number of nitrogens with one attached hydrogen (secondary N) is 3. The predicted molar refractivity (Wildman–Crippen MR) is 112 cm³/mol. The highest BCUT2D eigenvalue weighted by atomic mass is 16.5. The van der Waals surface area contributed by atoms with E-state index >= 15 is 0 Å². The first-order valence-electron chi connectivity index (χ1n) is 9.79. The highest BCUT2D eigenvalue weighted by Crippen LogP contribution is 2.11. The van der Waals surface area contributed by atoms with Gasteiger partial charge in [-0.25, -0.2) is 0 Å². The molecule has 0 unspecified atom stereocenters. The fourth-order valence-electron chi connectivity index (χ4n) is 2.71. The first-order chi connectivity index (χ1) is 15.2.